The van der Waals surface area contributed by atoms with Crippen LogP contribution in [-0.4, -0.2) is 29.8 Å². The van der Waals surface area contributed by atoms with E-state index in [1.54, 1.807) is 11.8 Å². The van der Waals surface area contributed by atoms with Gasteiger partial charge in [0.25, 0.3) is 11.8 Å². The van der Waals surface area contributed by atoms with Crippen LogP contribution >= 0.6 is 11.3 Å². The molecule has 1 amide bonds. The molecule has 1 saturated carbocycles. The number of likely N-dealkylation sites (tertiary alicyclic amines) is 1. The maximum absolute atomic E-state index is 13.8. The largest absolute Gasteiger partial charge is 0.338 e. The second kappa shape index (κ2) is 4.03. The van der Waals surface area contributed by atoms with Crippen molar-refractivity contribution in [1.29, 1.82) is 0 Å². The molecule has 0 bridgehead atoms. The van der Waals surface area contributed by atoms with Crippen molar-refractivity contribution in [2.45, 2.75) is 19.3 Å². The van der Waals surface area contributed by atoms with Crippen LogP contribution in [0.25, 0.3) is 10.1 Å². The van der Waals surface area contributed by atoms with Crippen LogP contribution in [0.3, 0.4) is 0 Å². The quantitative estimate of drug-likeness (QED) is 0.779. The molecule has 2 aliphatic rings. The smallest absolute Gasteiger partial charge is 0.259 e. The Bertz CT molecular complexity index is 741. The van der Waals surface area contributed by atoms with E-state index in [1.165, 1.54) is 11.3 Å². The number of rotatable bonds is 1. The first kappa shape index (κ1) is 13.2. The van der Waals surface area contributed by atoms with Gasteiger partial charge in [0.2, 0.25) is 0 Å². The van der Waals surface area contributed by atoms with Crippen molar-refractivity contribution < 1.29 is 13.6 Å². The van der Waals surface area contributed by atoms with Crippen LogP contribution in [0.4, 0.5) is 8.78 Å². The van der Waals surface area contributed by atoms with Crippen LogP contribution in [0.15, 0.2) is 29.6 Å². The maximum Gasteiger partial charge on any atom is 0.259 e. The first-order chi connectivity index (χ1) is 9.95. The number of carbonyl (C=O) groups excluding carboxylic acids is 1. The fourth-order valence-corrected chi connectivity index (χ4v) is 4.44. The third-order valence-electron chi connectivity index (χ3n) is 5.19. The number of hydrogen-bond acceptors (Lipinski definition) is 2. The Balaban J connectivity index is 1.62. The molecular formula is C16H15F2NOS. The summed E-state index contributed by atoms with van der Waals surface area (Å²) in [5.41, 5.74) is -0.247. The molecule has 2 fully saturated rings. The maximum atomic E-state index is 13.8. The molecule has 2 atom stereocenters. The number of piperidine rings is 1. The van der Waals surface area contributed by atoms with E-state index in [0.29, 0.717) is 18.5 Å². The number of benzene rings is 1. The predicted octanol–water partition coefficient (Wildman–Crippen LogP) is 4.02. The third-order valence-corrected chi connectivity index (χ3v) is 6.15. The van der Waals surface area contributed by atoms with E-state index >= 15 is 0 Å². The molecule has 4 rings (SSSR count). The van der Waals surface area contributed by atoms with Crippen LogP contribution in [0.2, 0.25) is 0 Å². The molecule has 0 spiro atoms. The predicted molar refractivity (Wildman–Crippen MR) is 78.9 cm³/mol. The molecule has 2 heterocycles. The van der Waals surface area contributed by atoms with Gasteiger partial charge in [0.1, 0.15) is 0 Å². The highest BCUT2D eigenvalue weighted by molar-refractivity contribution is 7.17. The molecule has 0 unspecified atom stereocenters. The van der Waals surface area contributed by atoms with Crippen LogP contribution in [-0.2, 0) is 0 Å². The van der Waals surface area contributed by atoms with Crippen LogP contribution in [0.5, 0.6) is 0 Å². The molecule has 1 aromatic carbocycles. The fraction of sp³-hybridized carbons (Fsp3) is 0.438. The molecule has 0 radical (unpaired) electrons. The highest BCUT2D eigenvalue weighted by atomic mass is 32.1. The van der Waals surface area contributed by atoms with E-state index in [0.717, 1.165) is 10.1 Å². The number of nitrogens with zero attached hydrogens (tertiary/aromatic N) is 1. The average molecular weight is 307 g/mol. The Morgan fingerprint density at radius 2 is 2.14 bits per heavy atom. The number of carbonyl (C=O) groups is 1. The SMILES string of the molecule is C[C@]12CCN(C(=O)c3csc4ccccc34)C[C@@H]1C2(F)F. The minimum absolute atomic E-state index is 0.114. The highest BCUT2D eigenvalue weighted by Gasteiger charge is 2.78. The van der Waals surface area contributed by atoms with Gasteiger partial charge in [-0.2, -0.15) is 0 Å². The summed E-state index contributed by atoms with van der Waals surface area (Å²) in [6, 6.07) is 7.72. The summed E-state index contributed by atoms with van der Waals surface area (Å²) in [4.78, 5) is 14.2. The summed E-state index contributed by atoms with van der Waals surface area (Å²) < 4.78 is 28.6. The molecule has 110 valence electrons. The number of hydrogen-bond donors (Lipinski definition) is 0. The average Bonchev–Trinajstić information content (AvgIpc) is 2.79. The van der Waals surface area contributed by atoms with E-state index < -0.39 is 17.3 Å². The Labute approximate surface area is 125 Å². The molecule has 1 saturated heterocycles. The monoisotopic (exact) mass is 307 g/mol. The number of halogens is 2. The second-order valence-corrected chi connectivity index (χ2v) is 7.15. The number of alkyl halides is 2. The first-order valence-corrected chi connectivity index (χ1v) is 7.96. The van der Waals surface area contributed by atoms with Crippen LogP contribution < -0.4 is 0 Å². The van der Waals surface area contributed by atoms with E-state index in [2.05, 4.69) is 0 Å². The summed E-state index contributed by atoms with van der Waals surface area (Å²) in [7, 11) is 0. The van der Waals surface area contributed by atoms with Gasteiger partial charge in [-0.1, -0.05) is 25.1 Å². The zero-order valence-electron chi connectivity index (χ0n) is 11.6. The molecular weight excluding hydrogens is 292 g/mol. The van der Waals surface area contributed by atoms with Crippen molar-refractivity contribution in [2.75, 3.05) is 13.1 Å². The van der Waals surface area contributed by atoms with Gasteiger partial charge in [-0.15, -0.1) is 11.3 Å². The molecule has 2 nitrogen and oxygen atoms in total. The standard InChI is InChI=1S/C16H15F2NOS/c1-15-6-7-19(8-13(15)16(15,17)18)14(20)11-9-21-12-5-3-2-4-10(11)12/h2-5,9,13H,6-8H2,1H3/t13-,15-/m0/s1. The van der Waals surface area contributed by atoms with Crippen LogP contribution in [0.1, 0.15) is 23.7 Å². The lowest BCUT2D eigenvalue weighted by molar-refractivity contribution is 0.0635. The summed E-state index contributed by atoms with van der Waals surface area (Å²) in [6.45, 7) is 2.23. The third kappa shape index (κ3) is 1.64. The first-order valence-electron chi connectivity index (χ1n) is 7.08. The van der Waals surface area contributed by atoms with Gasteiger partial charge in [0.15, 0.2) is 0 Å². The summed E-state index contributed by atoms with van der Waals surface area (Å²) in [5.74, 6) is -3.40. The Morgan fingerprint density at radius 3 is 2.90 bits per heavy atom. The van der Waals surface area contributed by atoms with E-state index in [4.69, 9.17) is 0 Å². The Hall–Kier alpha value is -1.49. The van der Waals surface area contributed by atoms with Crippen LogP contribution in [0, 0.1) is 11.3 Å². The minimum Gasteiger partial charge on any atom is -0.338 e. The van der Waals surface area contributed by atoms with Gasteiger partial charge in [0.05, 0.1) is 11.5 Å². The van der Waals surface area contributed by atoms with Gasteiger partial charge in [0, 0.05) is 34.0 Å². The molecule has 21 heavy (non-hydrogen) atoms. The molecule has 1 aliphatic carbocycles. The van der Waals surface area contributed by atoms with Crippen molar-refractivity contribution in [3.8, 4) is 0 Å². The van der Waals surface area contributed by atoms with Crippen molar-refractivity contribution in [3.05, 3.63) is 35.2 Å². The summed E-state index contributed by atoms with van der Waals surface area (Å²) >= 11 is 1.52. The number of amides is 1. The van der Waals surface area contributed by atoms with Crippen molar-refractivity contribution in [3.63, 3.8) is 0 Å². The van der Waals surface area contributed by atoms with E-state index in [9.17, 15) is 13.6 Å². The van der Waals surface area contributed by atoms with E-state index in [1.807, 2.05) is 29.6 Å². The molecule has 5 heteroatoms. The van der Waals surface area contributed by atoms with Gasteiger partial charge < -0.3 is 4.90 Å². The van der Waals surface area contributed by atoms with Gasteiger partial charge in [-0.05, 0) is 12.5 Å². The fourth-order valence-electron chi connectivity index (χ4n) is 3.51. The lowest BCUT2D eigenvalue weighted by atomic mass is 9.97. The zero-order valence-corrected chi connectivity index (χ0v) is 12.4. The Kier molecular flexibility index (Phi) is 2.53. The molecule has 1 aromatic heterocycles. The minimum atomic E-state index is -2.61. The second-order valence-electron chi connectivity index (χ2n) is 6.24. The normalized spacial score (nSPS) is 30.2. The van der Waals surface area contributed by atoms with Crippen molar-refractivity contribution in [2.24, 2.45) is 11.3 Å². The molecule has 0 N–H and O–H groups in total. The topological polar surface area (TPSA) is 20.3 Å². The lowest BCUT2D eigenvalue weighted by Gasteiger charge is -2.28. The summed E-state index contributed by atoms with van der Waals surface area (Å²) in [5, 5.41) is 2.76. The lowest BCUT2D eigenvalue weighted by Crippen LogP contribution is -2.38. The highest BCUT2D eigenvalue weighted by Crippen LogP contribution is 2.69. The zero-order chi connectivity index (χ0) is 14.8. The summed E-state index contributed by atoms with van der Waals surface area (Å²) in [6.07, 6.45) is 0.387. The van der Waals surface area contributed by atoms with Gasteiger partial charge in [-0.25, -0.2) is 8.78 Å². The Morgan fingerprint density at radius 1 is 1.38 bits per heavy atom. The molecule has 1 aliphatic heterocycles. The number of fused-ring (bicyclic) bond motifs is 2. The van der Waals surface area contributed by atoms with Crippen molar-refractivity contribution in [1.82, 2.24) is 4.90 Å². The van der Waals surface area contributed by atoms with E-state index in [-0.39, 0.29) is 12.5 Å². The molecule has 2 aromatic rings. The number of thiophene rings is 1. The van der Waals surface area contributed by atoms with Gasteiger partial charge in [-0.3, -0.25) is 4.79 Å². The van der Waals surface area contributed by atoms with Gasteiger partial charge >= 0.3 is 0 Å². The van der Waals surface area contributed by atoms with Crippen molar-refractivity contribution >= 4 is 27.3 Å².